The van der Waals surface area contributed by atoms with E-state index in [4.69, 9.17) is 71.8 Å². The summed E-state index contributed by atoms with van der Waals surface area (Å²) < 4.78 is 71.7. The normalized spacial score (nSPS) is 13.6. The minimum Gasteiger partial charge on any atom is -0.394 e. The van der Waals surface area contributed by atoms with Crippen LogP contribution in [0.25, 0.3) is 0 Å². The Morgan fingerprint density at radius 1 is 0.396 bits per heavy atom. The molecule has 15 heteroatoms. The summed E-state index contributed by atoms with van der Waals surface area (Å²) in [6.45, 7) is 18.7. The Labute approximate surface area is 288 Å². The van der Waals surface area contributed by atoms with Crippen LogP contribution in [-0.4, -0.2) is 194 Å². The van der Waals surface area contributed by atoms with Gasteiger partial charge in [-0.25, -0.2) is 0 Å². The van der Waals surface area contributed by atoms with Gasteiger partial charge in [-0.1, -0.05) is 13.0 Å². The number of hydrogen-bond donors (Lipinski definition) is 2. The number of aliphatic hydroxyl groups excluding tert-OH is 2. The van der Waals surface area contributed by atoms with E-state index >= 15 is 0 Å². The van der Waals surface area contributed by atoms with Crippen LogP contribution in [0.2, 0.25) is 0 Å². The molecule has 0 aromatic carbocycles. The third-order valence-corrected chi connectivity index (χ3v) is 6.36. The molecule has 0 fully saturated rings. The maximum Gasteiger partial charge on any atom is 0.104 e. The highest BCUT2D eigenvalue weighted by atomic mass is 16.6. The van der Waals surface area contributed by atoms with Crippen LogP contribution in [0.3, 0.4) is 0 Å². The lowest BCUT2D eigenvalue weighted by atomic mass is 10.1. The molecule has 0 aliphatic heterocycles. The summed E-state index contributed by atoms with van der Waals surface area (Å²) >= 11 is 0. The molecule has 0 aliphatic carbocycles. The van der Waals surface area contributed by atoms with Gasteiger partial charge < -0.3 is 71.8 Å². The summed E-state index contributed by atoms with van der Waals surface area (Å²) in [6.07, 6.45) is 1.64. The summed E-state index contributed by atoms with van der Waals surface area (Å²) in [7, 11) is 0. The average Bonchev–Trinajstić information content (AvgIpc) is 3.10. The molecule has 48 heavy (non-hydrogen) atoms. The Hall–Kier alpha value is -0.860. The van der Waals surface area contributed by atoms with Crippen molar-refractivity contribution in [1.29, 1.82) is 0 Å². The Kier molecular flexibility index (Phi) is 39.8. The topological polar surface area (TPSA) is 160 Å². The van der Waals surface area contributed by atoms with E-state index in [1.807, 2.05) is 13.0 Å². The summed E-state index contributed by atoms with van der Waals surface area (Å²) in [5.74, 6) is 0.224. The minimum absolute atomic E-state index is 0.0143. The Morgan fingerprint density at radius 3 is 1.00 bits per heavy atom. The predicted octanol–water partition coefficient (Wildman–Crippen LogP) is 0.766. The molecule has 0 aromatic rings. The van der Waals surface area contributed by atoms with E-state index in [2.05, 4.69) is 13.5 Å². The predicted molar refractivity (Wildman–Crippen MR) is 178 cm³/mol. The maximum atomic E-state index is 8.62. The van der Waals surface area contributed by atoms with E-state index in [9.17, 15) is 0 Å². The molecule has 0 rings (SSSR count). The maximum absolute atomic E-state index is 8.62. The molecule has 3 atom stereocenters. The molecule has 0 aromatic heterocycles. The minimum atomic E-state index is -0.244. The molecule has 2 N–H and O–H groups in total. The van der Waals surface area contributed by atoms with E-state index in [0.717, 1.165) is 0 Å². The first-order chi connectivity index (χ1) is 23.7. The van der Waals surface area contributed by atoms with Crippen molar-refractivity contribution < 1.29 is 71.8 Å². The summed E-state index contributed by atoms with van der Waals surface area (Å²) in [5.41, 5.74) is 0. The van der Waals surface area contributed by atoms with Gasteiger partial charge in [-0.05, 0) is 12.8 Å². The van der Waals surface area contributed by atoms with Gasteiger partial charge in [-0.3, -0.25) is 0 Å². The summed E-state index contributed by atoms with van der Waals surface area (Å²) in [5, 5.41) is 17.2. The van der Waals surface area contributed by atoms with Gasteiger partial charge in [0.15, 0.2) is 0 Å². The molecule has 0 heterocycles. The molecule has 3 unspecified atom stereocenters. The van der Waals surface area contributed by atoms with E-state index in [-0.39, 0.29) is 31.3 Å². The molecule has 0 bridgehead atoms. The average molecular weight is 703 g/mol. The number of ether oxygens (including phenoxy) is 13. The smallest absolute Gasteiger partial charge is 0.104 e. The van der Waals surface area contributed by atoms with Crippen LogP contribution < -0.4 is 0 Å². The molecule has 0 aliphatic rings. The van der Waals surface area contributed by atoms with Gasteiger partial charge in [0.2, 0.25) is 0 Å². The van der Waals surface area contributed by atoms with E-state index in [1.54, 1.807) is 0 Å². The van der Waals surface area contributed by atoms with Gasteiger partial charge in [0.25, 0.3) is 0 Å². The van der Waals surface area contributed by atoms with E-state index < -0.39 is 0 Å². The Balaban J connectivity index is 3.77. The second-order valence-electron chi connectivity index (χ2n) is 10.3. The van der Waals surface area contributed by atoms with Crippen molar-refractivity contribution in [3.8, 4) is 0 Å². The SMILES string of the molecule is C=CC(C)C(C)OCC(COCCOCCOCCOCCOCCOCCO)OCCOCCOCCOCCOCCOCCO. The lowest BCUT2D eigenvalue weighted by Gasteiger charge is -2.23. The van der Waals surface area contributed by atoms with Gasteiger partial charge >= 0.3 is 0 Å². The largest absolute Gasteiger partial charge is 0.394 e. The fourth-order valence-electron chi connectivity index (χ4n) is 3.45. The first-order valence-electron chi connectivity index (χ1n) is 17.1. The molecule has 0 amide bonds. The van der Waals surface area contributed by atoms with Gasteiger partial charge in [0, 0.05) is 0 Å². The highest BCUT2D eigenvalue weighted by Gasteiger charge is 2.15. The second kappa shape index (κ2) is 40.6. The van der Waals surface area contributed by atoms with Crippen molar-refractivity contribution in [1.82, 2.24) is 0 Å². The van der Waals surface area contributed by atoms with Crippen molar-refractivity contribution in [2.24, 2.45) is 5.92 Å². The monoisotopic (exact) mass is 702 g/mol. The third kappa shape index (κ3) is 36.4. The van der Waals surface area contributed by atoms with Crippen LogP contribution in [0.4, 0.5) is 0 Å². The van der Waals surface area contributed by atoms with Crippen molar-refractivity contribution in [3.63, 3.8) is 0 Å². The number of hydrogen-bond acceptors (Lipinski definition) is 15. The van der Waals surface area contributed by atoms with Crippen LogP contribution in [0.15, 0.2) is 12.7 Å². The Morgan fingerprint density at radius 2 is 0.688 bits per heavy atom. The summed E-state index contributed by atoms with van der Waals surface area (Å²) in [4.78, 5) is 0. The molecule has 0 saturated heterocycles. The molecule has 288 valence electrons. The standard InChI is InChI=1S/C33H66O15/c1-4-31(2)32(3)48-30-33(47-28-27-45-24-23-43-20-19-41-16-14-39-12-10-37-8-6-35)29-46-26-25-44-22-21-42-18-17-40-15-13-38-11-9-36-7-5-34/h4,31-35H,1,5-30H2,2-3H3. The first-order valence-corrected chi connectivity index (χ1v) is 17.1. The zero-order valence-electron chi connectivity index (χ0n) is 29.6. The highest BCUT2D eigenvalue weighted by Crippen LogP contribution is 2.09. The van der Waals surface area contributed by atoms with Crippen LogP contribution in [0.1, 0.15) is 13.8 Å². The lowest BCUT2D eigenvalue weighted by Crippen LogP contribution is -2.31. The third-order valence-electron chi connectivity index (χ3n) is 6.36. The molecule has 15 nitrogen and oxygen atoms in total. The Bertz CT molecular complexity index is 620. The van der Waals surface area contributed by atoms with Crippen molar-refractivity contribution >= 4 is 0 Å². The number of rotatable bonds is 42. The summed E-state index contributed by atoms with van der Waals surface area (Å²) in [6, 6.07) is 0. The molecule has 0 radical (unpaired) electrons. The first kappa shape index (κ1) is 47.1. The quantitative estimate of drug-likeness (QED) is 0.0678. The number of aliphatic hydroxyl groups is 2. The van der Waals surface area contributed by atoms with Gasteiger partial charge in [0.1, 0.15) is 6.10 Å². The second-order valence-corrected chi connectivity index (χ2v) is 10.3. The molecular weight excluding hydrogens is 636 g/mol. The van der Waals surface area contributed by atoms with Gasteiger partial charge in [0.05, 0.1) is 178 Å². The van der Waals surface area contributed by atoms with E-state index in [0.29, 0.717) is 159 Å². The zero-order chi connectivity index (χ0) is 35.0. The molecular formula is C33H66O15. The van der Waals surface area contributed by atoms with Crippen LogP contribution in [-0.2, 0) is 61.6 Å². The van der Waals surface area contributed by atoms with Crippen molar-refractivity contribution in [3.05, 3.63) is 12.7 Å². The highest BCUT2D eigenvalue weighted by molar-refractivity contribution is 4.79. The molecule has 0 saturated carbocycles. The lowest BCUT2D eigenvalue weighted by molar-refractivity contribution is -0.0958. The van der Waals surface area contributed by atoms with Crippen molar-refractivity contribution in [2.75, 3.05) is 172 Å². The fraction of sp³-hybridized carbons (Fsp3) is 0.939. The zero-order valence-corrected chi connectivity index (χ0v) is 29.6. The van der Waals surface area contributed by atoms with Crippen LogP contribution >= 0.6 is 0 Å². The van der Waals surface area contributed by atoms with Crippen molar-refractivity contribution in [2.45, 2.75) is 26.1 Å². The van der Waals surface area contributed by atoms with Gasteiger partial charge in [-0.15, -0.1) is 6.58 Å². The molecule has 0 spiro atoms. The fourth-order valence-corrected chi connectivity index (χ4v) is 3.45. The van der Waals surface area contributed by atoms with E-state index in [1.165, 1.54) is 0 Å². The van der Waals surface area contributed by atoms with Crippen LogP contribution in [0, 0.1) is 5.92 Å². The van der Waals surface area contributed by atoms with Crippen LogP contribution in [0.5, 0.6) is 0 Å². The van der Waals surface area contributed by atoms with Gasteiger partial charge in [-0.2, -0.15) is 0 Å².